The lowest BCUT2D eigenvalue weighted by atomic mass is 10.0. The van der Waals surface area contributed by atoms with Crippen LogP contribution < -0.4 is 5.32 Å². The van der Waals surface area contributed by atoms with E-state index in [1.165, 1.54) is 0 Å². The summed E-state index contributed by atoms with van der Waals surface area (Å²) < 4.78 is 0. The molecule has 0 aliphatic heterocycles. The maximum absolute atomic E-state index is 10.6. The van der Waals surface area contributed by atoms with Crippen LogP contribution in [0.1, 0.15) is 24.5 Å². The Morgan fingerprint density at radius 3 is 2.60 bits per heavy atom. The highest BCUT2D eigenvalue weighted by molar-refractivity contribution is 5.70. The van der Waals surface area contributed by atoms with E-state index >= 15 is 0 Å². The van der Waals surface area contributed by atoms with Gasteiger partial charge in [-0.1, -0.05) is 31.2 Å². The molecule has 0 saturated carbocycles. The number of hydrogen-bond donors (Lipinski definition) is 2. The molecule has 0 heterocycles. The van der Waals surface area contributed by atoms with Gasteiger partial charge in [-0.3, -0.25) is 4.79 Å². The van der Waals surface area contributed by atoms with Crippen LogP contribution in [0.4, 0.5) is 0 Å². The summed E-state index contributed by atoms with van der Waals surface area (Å²) in [5.74, 6) is -0.780. The van der Waals surface area contributed by atoms with Crippen molar-refractivity contribution in [2.75, 3.05) is 6.54 Å². The molecule has 0 radical (unpaired) electrons. The Morgan fingerprint density at radius 1 is 1.33 bits per heavy atom. The predicted molar refractivity (Wildman–Crippen MR) is 59.8 cm³/mol. The molecule has 3 nitrogen and oxygen atoms in total. The third kappa shape index (κ3) is 4.13. The lowest BCUT2D eigenvalue weighted by molar-refractivity contribution is -0.136. The molecule has 2 N–H and O–H groups in total. The highest BCUT2D eigenvalue weighted by atomic mass is 16.4. The molecule has 0 atom stereocenters. The van der Waals surface area contributed by atoms with E-state index in [-0.39, 0.29) is 6.42 Å². The van der Waals surface area contributed by atoms with Gasteiger partial charge in [-0.05, 0) is 24.1 Å². The highest BCUT2D eigenvalue weighted by Crippen LogP contribution is 2.09. The third-order valence-electron chi connectivity index (χ3n) is 2.20. The monoisotopic (exact) mass is 207 g/mol. The van der Waals surface area contributed by atoms with Gasteiger partial charge in [0.25, 0.3) is 0 Å². The van der Waals surface area contributed by atoms with Crippen molar-refractivity contribution < 1.29 is 9.90 Å². The van der Waals surface area contributed by atoms with Crippen LogP contribution in [0, 0.1) is 0 Å². The summed E-state index contributed by atoms with van der Waals surface area (Å²) in [5, 5.41) is 12.0. The Bertz CT molecular complexity index is 323. The minimum Gasteiger partial charge on any atom is -0.481 e. The minimum atomic E-state index is -0.780. The van der Waals surface area contributed by atoms with Crippen LogP contribution in [0.5, 0.6) is 0 Å². The second-order valence-corrected chi connectivity index (χ2v) is 3.52. The van der Waals surface area contributed by atoms with Crippen molar-refractivity contribution >= 4 is 5.97 Å². The van der Waals surface area contributed by atoms with Crippen LogP contribution in [0.3, 0.4) is 0 Å². The van der Waals surface area contributed by atoms with Gasteiger partial charge >= 0.3 is 5.97 Å². The number of aliphatic carboxylic acids is 1. The first-order valence-corrected chi connectivity index (χ1v) is 5.23. The zero-order valence-corrected chi connectivity index (χ0v) is 8.99. The summed E-state index contributed by atoms with van der Waals surface area (Å²) in [5.41, 5.74) is 1.97. The van der Waals surface area contributed by atoms with Gasteiger partial charge in [0, 0.05) is 6.54 Å². The first-order valence-electron chi connectivity index (χ1n) is 5.23. The van der Waals surface area contributed by atoms with Gasteiger partial charge in [0.05, 0.1) is 6.42 Å². The van der Waals surface area contributed by atoms with Crippen molar-refractivity contribution in [2.24, 2.45) is 0 Å². The van der Waals surface area contributed by atoms with E-state index < -0.39 is 5.97 Å². The van der Waals surface area contributed by atoms with Gasteiger partial charge < -0.3 is 10.4 Å². The molecule has 0 spiro atoms. The third-order valence-corrected chi connectivity index (χ3v) is 2.20. The fourth-order valence-corrected chi connectivity index (χ4v) is 1.47. The summed E-state index contributed by atoms with van der Waals surface area (Å²) in [7, 11) is 0. The van der Waals surface area contributed by atoms with E-state index in [0.29, 0.717) is 0 Å². The second-order valence-electron chi connectivity index (χ2n) is 3.52. The minimum absolute atomic E-state index is 0.101. The molecule has 0 fully saturated rings. The molecule has 0 aliphatic carbocycles. The molecule has 1 aromatic carbocycles. The molecule has 0 bridgehead atoms. The fourth-order valence-electron chi connectivity index (χ4n) is 1.47. The molecule has 3 heteroatoms. The molecule has 82 valence electrons. The number of hydrogen-bond acceptors (Lipinski definition) is 2. The van der Waals surface area contributed by atoms with Gasteiger partial charge in [0.1, 0.15) is 0 Å². The standard InChI is InChI=1S/C12H17NO2/c1-2-7-13-9-11-6-4-3-5-10(11)8-12(14)15/h3-6,13H,2,7-9H2,1H3,(H,14,15). The topological polar surface area (TPSA) is 49.3 Å². The smallest absolute Gasteiger partial charge is 0.307 e. The van der Waals surface area contributed by atoms with E-state index in [1.54, 1.807) is 0 Å². The SMILES string of the molecule is CCCNCc1ccccc1CC(=O)O. The highest BCUT2D eigenvalue weighted by Gasteiger charge is 2.05. The van der Waals surface area contributed by atoms with Gasteiger partial charge in [-0.2, -0.15) is 0 Å². The predicted octanol–water partition coefficient (Wildman–Crippen LogP) is 1.81. The maximum Gasteiger partial charge on any atom is 0.307 e. The van der Waals surface area contributed by atoms with Crippen molar-refractivity contribution in [1.82, 2.24) is 5.32 Å². The molecular weight excluding hydrogens is 190 g/mol. The van der Waals surface area contributed by atoms with Gasteiger partial charge in [0.15, 0.2) is 0 Å². The Morgan fingerprint density at radius 2 is 2.00 bits per heavy atom. The molecule has 1 aromatic rings. The van der Waals surface area contributed by atoms with Crippen LogP contribution in [0.25, 0.3) is 0 Å². The molecular formula is C12H17NO2. The second kappa shape index (κ2) is 6.19. The molecule has 0 saturated heterocycles. The normalized spacial score (nSPS) is 10.2. The quantitative estimate of drug-likeness (QED) is 0.699. The number of carbonyl (C=O) groups is 1. The van der Waals surface area contributed by atoms with Crippen molar-refractivity contribution in [1.29, 1.82) is 0 Å². The Kier molecular flexibility index (Phi) is 4.84. The molecule has 0 aliphatic rings. The molecule has 0 amide bonds. The summed E-state index contributed by atoms with van der Waals surface area (Å²) >= 11 is 0. The van der Waals surface area contributed by atoms with E-state index in [4.69, 9.17) is 5.11 Å². The Labute approximate surface area is 90.1 Å². The average molecular weight is 207 g/mol. The first-order chi connectivity index (χ1) is 7.24. The van der Waals surface area contributed by atoms with Crippen molar-refractivity contribution in [3.05, 3.63) is 35.4 Å². The van der Waals surface area contributed by atoms with Crippen LogP contribution in [-0.2, 0) is 17.8 Å². The van der Waals surface area contributed by atoms with Crippen LogP contribution in [0.2, 0.25) is 0 Å². The van der Waals surface area contributed by atoms with Gasteiger partial charge in [-0.25, -0.2) is 0 Å². The summed E-state index contributed by atoms with van der Waals surface area (Å²) in [6, 6.07) is 7.66. The largest absolute Gasteiger partial charge is 0.481 e. The lowest BCUT2D eigenvalue weighted by Crippen LogP contribution is -2.15. The Balaban J connectivity index is 2.64. The molecule has 1 rings (SSSR count). The number of nitrogens with one attached hydrogen (secondary N) is 1. The fraction of sp³-hybridized carbons (Fsp3) is 0.417. The zero-order chi connectivity index (χ0) is 11.1. The number of rotatable bonds is 6. The van der Waals surface area contributed by atoms with Gasteiger partial charge in [0.2, 0.25) is 0 Å². The number of benzene rings is 1. The van der Waals surface area contributed by atoms with Crippen LogP contribution in [0.15, 0.2) is 24.3 Å². The first kappa shape index (κ1) is 11.7. The van der Waals surface area contributed by atoms with Crippen LogP contribution >= 0.6 is 0 Å². The lowest BCUT2D eigenvalue weighted by Gasteiger charge is -2.08. The summed E-state index contributed by atoms with van der Waals surface area (Å²) in [4.78, 5) is 10.6. The van der Waals surface area contributed by atoms with E-state index in [1.807, 2.05) is 24.3 Å². The van der Waals surface area contributed by atoms with Crippen molar-refractivity contribution in [2.45, 2.75) is 26.3 Å². The number of carboxylic acids is 1. The maximum atomic E-state index is 10.6. The Hall–Kier alpha value is -1.35. The van der Waals surface area contributed by atoms with E-state index in [0.717, 1.165) is 30.6 Å². The molecule has 15 heavy (non-hydrogen) atoms. The van der Waals surface area contributed by atoms with Gasteiger partial charge in [-0.15, -0.1) is 0 Å². The molecule has 0 unspecified atom stereocenters. The molecule has 0 aromatic heterocycles. The van der Waals surface area contributed by atoms with E-state index in [2.05, 4.69) is 12.2 Å². The average Bonchev–Trinajstić information content (AvgIpc) is 2.20. The van der Waals surface area contributed by atoms with Crippen LogP contribution in [-0.4, -0.2) is 17.6 Å². The summed E-state index contributed by atoms with van der Waals surface area (Å²) in [6.07, 6.45) is 1.19. The zero-order valence-electron chi connectivity index (χ0n) is 8.99. The van der Waals surface area contributed by atoms with Crippen molar-refractivity contribution in [3.8, 4) is 0 Å². The van der Waals surface area contributed by atoms with Crippen molar-refractivity contribution in [3.63, 3.8) is 0 Å². The number of carboxylic acid groups (broad SMARTS) is 1. The summed E-state index contributed by atoms with van der Waals surface area (Å²) in [6.45, 7) is 3.81. The van der Waals surface area contributed by atoms with E-state index in [9.17, 15) is 4.79 Å².